The molecule has 0 saturated heterocycles. The van der Waals surface area contributed by atoms with E-state index < -0.39 is 0 Å². The monoisotopic (exact) mass is 416 g/mol. The van der Waals surface area contributed by atoms with Crippen molar-refractivity contribution < 1.29 is 0 Å². The van der Waals surface area contributed by atoms with Gasteiger partial charge in [-0.15, -0.1) is 0 Å². The van der Waals surface area contributed by atoms with Crippen molar-refractivity contribution in [2.24, 2.45) is 17.8 Å². The maximum atomic E-state index is 3.44. The van der Waals surface area contributed by atoms with Gasteiger partial charge in [-0.2, -0.15) is 0 Å². The maximum absolute atomic E-state index is 3.44. The van der Waals surface area contributed by atoms with Crippen LogP contribution in [-0.4, -0.2) is 0 Å². The minimum Gasteiger partial charge on any atom is -0.0745 e. The van der Waals surface area contributed by atoms with Gasteiger partial charge in [0.25, 0.3) is 0 Å². The van der Waals surface area contributed by atoms with E-state index in [9.17, 15) is 0 Å². The van der Waals surface area contributed by atoms with Crippen molar-refractivity contribution in [3.63, 3.8) is 0 Å². The van der Waals surface area contributed by atoms with E-state index in [-0.39, 0.29) is 0 Å². The molecule has 1 aromatic carbocycles. The van der Waals surface area contributed by atoms with Gasteiger partial charge >= 0.3 is 0 Å². The van der Waals surface area contributed by atoms with Crippen LogP contribution in [0.1, 0.15) is 94.6 Å². The topological polar surface area (TPSA) is 0 Å². The normalized spacial score (nSPS) is 29.9. The van der Waals surface area contributed by atoms with Gasteiger partial charge in [0, 0.05) is 0 Å². The predicted molar refractivity (Wildman–Crippen MR) is 118 cm³/mol. The summed E-state index contributed by atoms with van der Waals surface area (Å²) in [5, 5.41) is 0. The molecule has 2 fully saturated rings. The average molecular weight is 417 g/mol. The van der Waals surface area contributed by atoms with E-state index in [0.29, 0.717) is 0 Å². The number of rotatable bonds is 7. The summed E-state index contributed by atoms with van der Waals surface area (Å²) in [4.78, 5) is 2.07. The lowest BCUT2D eigenvalue weighted by molar-refractivity contribution is 0.171. The summed E-state index contributed by atoms with van der Waals surface area (Å²) >= 11 is 3.44. The lowest BCUT2D eigenvalue weighted by Gasteiger charge is -2.37. The van der Waals surface area contributed by atoms with Crippen molar-refractivity contribution in [3.8, 4) is 0 Å². The molecular formula is C25H37Br. The number of aryl methyl sites for hydroxylation is 1. The second kappa shape index (κ2) is 10.7. The van der Waals surface area contributed by atoms with E-state index in [1.54, 1.807) is 5.56 Å². The molecule has 0 radical (unpaired) electrons. The molecule has 0 aliphatic heterocycles. The zero-order valence-electron chi connectivity index (χ0n) is 16.6. The van der Waals surface area contributed by atoms with Crippen molar-refractivity contribution >= 4 is 15.9 Å². The Morgan fingerprint density at radius 2 is 1.46 bits per heavy atom. The summed E-state index contributed by atoms with van der Waals surface area (Å²) in [6.07, 6.45) is 19.1. The highest BCUT2D eigenvalue weighted by atomic mass is 79.9. The van der Waals surface area contributed by atoms with Gasteiger partial charge in [-0.25, -0.2) is 0 Å². The second-order valence-corrected chi connectivity index (χ2v) is 9.33. The summed E-state index contributed by atoms with van der Waals surface area (Å²) in [5.41, 5.74) is 3.14. The molecule has 2 aliphatic carbocycles. The zero-order valence-corrected chi connectivity index (χ0v) is 18.2. The Labute approximate surface area is 170 Å². The Balaban J connectivity index is 1.43. The summed E-state index contributed by atoms with van der Waals surface area (Å²) in [6.45, 7) is 2.28. The standard InChI is InChI=1S/C25H37Br/c1-2-3-4-5-20-6-10-22(11-7-20)24-14-16-25(17-15-24)23-12-8-21(9-13-23)18-19-26/h6-7,10-11,18-19,21,23-25H,2-5,8-9,12-17H2,1H3/b19-18+. The molecule has 1 heteroatoms. The first-order valence-electron chi connectivity index (χ1n) is 11.2. The van der Waals surface area contributed by atoms with Crippen LogP contribution < -0.4 is 0 Å². The van der Waals surface area contributed by atoms with E-state index >= 15 is 0 Å². The molecule has 0 N–H and O–H groups in total. The highest BCUT2D eigenvalue weighted by Crippen LogP contribution is 2.44. The zero-order chi connectivity index (χ0) is 18.2. The number of benzene rings is 1. The third-order valence-electron chi connectivity index (χ3n) is 7.12. The molecule has 0 heterocycles. The van der Waals surface area contributed by atoms with Crippen molar-refractivity contribution in [1.82, 2.24) is 0 Å². The summed E-state index contributed by atoms with van der Waals surface area (Å²) in [5.74, 6) is 3.67. The van der Waals surface area contributed by atoms with Gasteiger partial charge < -0.3 is 0 Å². The Bertz CT molecular complexity index is 528. The Kier molecular flexibility index (Phi) is 8.30. The minimum absolute atomic E-state index is 0.823. The molecular weight excluding hydrogens is 380 g/mol. The summed E-state index contributed by atoms with van der Waals surface area (Å²) in [7, 11) is 0. The first kappa shape index (κ1) is 20.2. The number of unbranched alkanes of at least 4 members (excludes halogenated alkanes) is 2. The Morgan fingerprint density at radius 3 is 2.04 bits per heavy atom. The highest BCUT2D eigenvalue weighted by Gasteiger charge is 2.30. The molecule has 0 aromatic heterocycles. The fraction of sp³-hybridized carbons (Fsp3) is 0.680. The van der Waals surface area contributed by atoms with Crippen LogP contribution in [0.2, 0.25) is 0 Å². The molecule has 1 aromatic rings. The maximum Gasteiger partial charge on any atom is -0.0162 e. The van der Waals surface area contributed by atoms with Crippen LogP contribution >= 0.6 is 15.9 Å². The minimum atomic E-state index is 0.823. The van der Waals surface area contributed by atoms with Crippen LogP contribution in [0.4, 0.5) is 0 Å². The molecule has 0 spiro atoms. The first-order chi connectivity index (χ1) is 12.8. The molecule has 0 amide bonds. The van der Waals surface area contributed by atoms with Crippen molar-refractivity contribution in [3.05, 3.63) is 46.5 Å². The van der Waals surface area contributed by atoms with Gasteiger partial charge in [-0.05, 0) is 104 Å². The lowest BCUT2D eigenvalue weighted by atomic mass is 9.68. The van der Waals surface area contributed by atoms with Crippen LogP contribution in [-0.2, 0) is 6.42 Å². The van der Waals surface area contributed by atoms with Gasteiger partial charge in [0.1, 0.15) is 0 Å². The van der Waals surface area contributed by atoms with Crippen LogP contribution in [0.3, 0.4) is 0 Å². The molecule has 3 rings (SSSR count). The predicted octanol–water partition coefficient (Wildman–Crippen LogP) is 8.41. The smallest absolute Gasteiger partial charge is 0.0162 e. The van der Waals surface area contributed by atoms with E-state index in [0.717, 1.165) is 23.7 Å². The van der Waals surface area contributed by atoms with E-state index in [1.165, 1.54) is 82.6 Å². The van der Waals surface area contributed by atoms with Crippen molar-refractivity contribution in [2.45, 2.75) is 89.9 Å². The summed E-state index contributed by atoms with van der Waals surface area (Å²) < 4.78 is 0. The van der Waals surface area contributed by atoms with E-state index in [2.05, 4.69) is 58.2 Å². The van der Waals surface area contributed by atoms with E-state index in [4.69, 9.17) is 0 Å². The molecule has 0 atom stereocenters. The van der Waals surface area contributed by atoms with Crippen LogP contribution in [0, 0.1) is 17.8 Å². The quantitative estimate of drug-likeness (QED) is 0.391. The number of halogens is 1. The highest BCUT2D eigenvalue weighted by molar-refractivity contribution is 9.11. The fourth-order valence-corrected chi connectivity index (χ4v) is 5.80. The molecule has 0 unspecified atom stereocenters. The first-order valence-corrected chi connectivity index (χ1v) is 12.1. The largest absolute Gasteiger partial charge is 0.0745 e. The number of hydrogen-bond acceptors (Lipinski definition) is 0. The van der Waals surface area contributed by atoms with E-state index in [1.807, 2.05) is 0 Å². The van der Waals surface area contributed by atoms with Crippen molar-refractivity contribution in [1.29, 1.82) is 0 Å². The second-order valence-electron chi connectivity index (χ2n) is 8.80. The molecule has 0 bridgehead atoms. The Hall–Kier alpha value is -0.560. The van der Waals surface area contributed by atoms with Gasteiger partial charge in [0.05, 0.1) is 0 Å². The fourth-order valence-electron chi connectivity index (χ4n) is 5.37. The number of allylic oxidation sites excluding steroid dienone is 1. The molecule has 144 valence electrons. The average Bonchev–Trinajstić information content (AvgIpc) is 2.70. The molecule has 0 nitrogen and oxygen atoms in total. The number of hydrogen-bond donors (Lipinski definition) is 0. The molecule has 2 aliphatic rings. The third-order valence-corrected chi connectivity index (χ3v) is 7.43. The van der Waals surface area contributed by atoms with Gasteiger partial charge in [0.15, 0.2) is 0 Å². The van der Waals surface area contributed by atoms with Crippen LogP contribution in [0.5, 0.6) is 0 Å². The van der Waals surface area contributed by atoms with Gasteiger partial charge in [-0.3, -0.25) is 0 Å². The molecule has 2 saturated carbocycles. The van der Waals surface area contributed by atoms with Gasteiger partial charge in [-0.1, -0.05) is 66.0 Å². The lowest BCUT2D eigenvalue weighted by Crippen LogP contribution is -2.25. The molecule has 26 heavy (non-hydrogen) atoms. The van der Waals surface area contributed by atoms with Crippen LogP contribution in [0.15, 0.2) is 35.3 Å². The summed E-state index contributed by atoms with van der Waals surface area (Å²) in [6, 6.07) is 9.67. The van der Waals surface area contributed by atoms with Crippen molar-refractivity contribution in [2.75, 3.05) is 0 Å². The SMILES string of the molecule is CCCCCc1ccc(C2CCC(C3CCC(/C=C/Br)CC3)CC2)cc1. The third kappa shape index (κ3) is 5.72. The van der Waals surface area contributed by atoms with Crippen LogP contribution in [0.25, 0.3) is 0 Å². The Morgan fingerprint density at radius 1 is 0.846 bits per heavy atom. The van der Waals surface area contributed by atoms with Gasteiger partial charge in [0.2, 0.25) is 0 Å².